The monoisotopic (exact) mass is 307 g/mol. The van der Waals surface area contributed by atoms with Gasteiger partial charge in [-0.25, -0.2) is 0 Å². The second kappa shape index (κ2) is 5.31. The first-order valence-corrected chi connectivity index (χ1v) is 6.32. The lowest BCUT2D eigenvalue weighted by molar-refractivity contribution is 0.303. The van der Waals surface area contributed by atoms with E-state index in [1.807, 2.05) is 25.1 Å². The number of rotatable bonds is 3. The van der Waals surface area contributed by atoms with Crippen LogP contribution in [0.2, 0.25) is 0 Å². The Morgan fingerprint density at radius 2 is 2.06 bits per heavy atom. The summed E-state index contributed by atoms with van der Waals surface area (Å²) in [6.45, 7) is 2.28. The lowest BCUT2D eigenvalue weighted by Crippen LogP contribution is -2.02. The zero-order chi connectivity index (χ0) is 13.1. The number of phenols is 1. The van der Waals surface area contributed by atoms with Gasteiger partial charge in [0.2, 0.25) is 0 Å². The quantitative estimate of drug-likeness (QED) is 0.851. The van der Waals surface area contributed by atoms with Gasteiger partial charge in [-0.05, 0) is 42.8 Å². The number of hydrogen-bond donors (Lipinski definition) is 2. The minimum Gasteiger partial charge on any atom is -0.508 e. The SMILES string of the molecule is Cc1cc(O)ccc1OCc1c(N)cccc1Br. The highest BCUT2D eigenvalue weighted by Crippen LogP contribution is 2.27. The van der Waals surface area contributed by atoms with Gasteiger partial charge in [-0.3, -0.25) is 0 Å². The average molecular weight is 308 g/mol. The molecule has 0 aliphatic heterocycles. The summed E-state index contributed by atoms with van der Waals surface area (Å²) in [5.74, 6) is 0.975. The van der Waals surface area contributed by atoms with Crippen LogP contribution in [0.3, 0.4) is 0 Å². The van der Waals surface area contributed by atoms with E-state index in [0.717, 1.165) is 21.3 Å². The standard InChI is InChI=1S/C14H14BrNO2/c1-9-7-10(17)5-6-14(9)18-8-11-12(15)3-2-4-13(11)16/h2-7,17H,8,16H2,1H3. The van der Waals surface area contributed by atoms with Crippen molar-refractivity contribution in [2.75, 3.05) is 5.73 Å². The molecule has 2 aromatic carbocycles. The molecule has 0 aliphatic carbocycles. The van der Waals surface area contributed by atoms with Crippen LogP contribution < -0.4 is 10.5 Å². The number of ether oxygens (including phenoxy) is 1. The van der Waals surface area contributed by atoms with Crippen molar-refractivity contribution in [3.8, 4) is 11.5 Å². The number of benzene rings is 2. The Hall–Kier alpha value is -1.68. The molecule has 0 unspecified atom stereocenters. The lowest BCUT2D eigenvalue weighted by atomic mass is 10.2. The Kier molecular flexibility index (Phi) is 3.77. The van der Waals surface area contributed by atoms with Gasteiger partial charge in [-0.1, -0.05) is 22.0 Å². The van der Waals surface area contributed by atoms with Crippen LogP contribution in [0.5, 0.6) is 11.5 Å². The van der Waals surface area contributed by atoms with Crippen molar-refractivity contribution in [1.29, 1.82) is 0 Å². The molecule has 94 valence electrons. The fraction of sp³-hybridized carbons (Fsp3) is 0.143. The third kappa shape index (κ3) is 2.76. The average Bonchev–Trinajstić information content (AvgIpc) is 2.31. The predicted molar refractivity (Wildman–Crippen MR) is 75.7 cm³/mol. The topological polar surface area (TPSA) is 55.5 Å². The van der Waals surface area contributed by atoms with Crippen molar-refractivity contribution >= 4 is 21.6 Å². The molecule has 0 heterocycles. The molecule has 0 aliphatic rings. The second-order valence-corrected chi connectivity index (χ2v) is 4.90. The molecule has 2 aromatic rings. The van der Waals surface area contributed by atoms with Crippen molar-refractivity contribution < 1.29 is 9.84 Å². The summed E-state index contributed by atoms with van der Waals surface area (Å²) in [7, 11) is 0. The van der Waals surface area contributed by atoms with Crippen LogP contribution in [0, 0.1) is 6.92 Å². The van der Waals surface area contributed by atoms with Crippen LogP contribution in [-0.4, -0.2) is 5.11 Å². The highest BCUT2D eigenvalue weighted by Gasteiger charge is 2.06. The number of nitrogens with two attached hydrogens (primary N) is 1. The summed E-state index contributed by atoms with van der Waals surface area (Å²) in [5.41, 5.74) is 8.40. The number of phenolic OH excluding ortho intramolecular Hbond substituents is 1. The summed E-state index contributed by atoms with van der Waals surface area (Å²) in [6.07, 6.45) is 0. The number of halogens is 1. The summed E-state index contributed by atoms with van der Waals surface area (Å²) < 4.78 is 6.65. The maximum absolute atomic E-state index is 9.33. The van der Waals surface area contributed by atoms with Crippen LogP contribution in [0.4, 0.5) is 5.69 Å². The highest BCUT2D eigenvalue weighted by atomic mass is 79.9. The van der Waals surface area contributed by atoms with Gasteiger partial charge < -0.3 is 15.6 Å². The van der Waals surface area contributed by atoms with Gasteiger partial charge in [0.15, 0.2) is 0 Å². The van der Waals surface area contributed by atoms with E-state index in [-0.39, 0.29) is 5.75 Å². The van der Waals surface area contributed by atoms with E-state index in [4.69, 9.17) is 10.5 Å². The molecule has 2 rings (SSSR count). The van der Waals surface area contributed by atoms with Gasteiger partial charge in [-0.15, -0.1) is 0 Å². The molecule has 0 amide bonds. The molecule has 0 saturated heterocycles. The van der Waals surface area contributed by atoms with E-state index >= 15 is 0 Å². The van der Waals surface area contributed by atoms with Gasteiger partial charge in [0.25, 0.3) is 0 Å². The minimum atomic E-state index is 0.236. The van der Waals surface area contributed by atoms with E-state index in [1.54, 1.807) is 18.2 Å². The molecular formula is C14H14BrNO2. The smallest absolute Gasteiger partial charge is 0.122 e. The molecule has 3 N–H and O–H groups in total. The first-order chi connectivity index (χ1) is 8.58. The molecule has 4 heteroatoms. The molecular weight excluding hydrogens is 294 g/mol. The zero-order valence-electron chi connectivity index (χ0n) is 9.98. The number of hydrogen-bond acceptors (Lipinski definition) is 3. The van der Waals surface area contributed by atoms with E-state index in [0.29, 0.717) is 12.3 Å². The van der Waals surface area contributed by atoms with Crippen LogP contribution >= 0.6 is 15.9 Å². The van der Waals surface area contributed by atoms with E-state index < -0.39 is 0 Å². The van der Waals surface area contributed by atoms with E-state index in [1.165, 1.54) is 0 Å². The molecule has 0 radical (unpaired) electrons. The fourth-order valence-electron chi connectivity index (χ4n) is 1.67. The van der Waals surface area contributed by atoms with Crippen molar-refractivity contribution in [1.82, 2.24) is 0 Å². The largest absolute Gasteiger partial charge is 0.508 e. The summed E-state index contributed by atoms with van der Waals surface area (Å²) in [5, 5.41) is 9.33. The second-order valence-electron chi connectivity index (χ2n) is 4.05. The molecule has 0 saturated carbocycles. The van der Waals surface area contributed by atoms with Crippen LogP contribution in [0.15, 0.2) is 40.9 Å². The highest BCUT2D eigenvalue weighted by molar-refractivity contribution is 9.10. The predicted octanol–water partition coefficient (Wildman–Crippen LogP) is 3.62. The number of aromatic hydroxyl groups is 1. The molecule has 0 aromatic heterocycles. The van der Waals surface area contributed by atoms with E-state index in [2.05, 4.69) is 15.9 Å². The van der Waals surface area contributed by atoms with Gasteiger partial charge in [0.1, 0.15) is 18.1 Å². The lowest BCUT2D eigenvalue weighted by Gasteiger charge is -2.12. The van der Waals surface area contributed by atoms with Gasteiger partial charge in [-0.2, -0.15) is 0 Å². The number of nitrogen functional groups attached to an aromatic ring is 1. The molecule has 0 spiro atoms. The fourth-order valence-corrected chi connectivity index (χ4v) is 2.17. The van der Waals surface area contributed by atoms with Crippen LogP contribution in [0.1, 0.15) is 11.1 Å². The summed E-state index contributed by atoms with van der Waals surface area (Å²) in [4.78, 5) is 0. The first kappa shape index (κ1) is 12.8. The van der Waals surface area contributed by atoms with Crippen molar-refractivity contribution in [2.45, 2.75) is 13.5 Å². The Balaban J connectivity index is 2.16. The molecule has 0 bridgehead atoms. The summed E-state index contributed by atoms with van der Waals surface area (Å²) >= 11 is 3.45. The van der Waals surface area contributed by atoms with Crippen molar-refractivity contribution in [3.05, 3.63) is 52.0 Å². The Labute approximate surface area is 114 Å². The van der Waals surface area contributed by atoms with Crippen LogP contribution in [0.25, 0.3) is 0 Å². The Morgan fingerprint density at radius 3 is 2.72 bits per heavy atom. The van der Waals surface area contributed by atoms with Gasteiger partial charge >= 0.3 is 0 Å². The zero-order valence-corrected chi connectivity index (χ0v) is 11.6. The number of aryl methyl sites for hydroxylation is 1. The van der Waals surface area contributed by atoms with Gasteiger partial charge in [0, 0.05) is 15.7 Å². The Morgan fingerprint density at radius 1 is 1.28 bits per heavy atom. The Bertz CT molecular complexity index is 549. The van der Waals surface area contributed by atoms with Crippen molar-refractivity contribution in [3.63, 3.8) is 0 Å². The summed E-state index contributed by atoms with van der Waals surface area (Å²) in [6, 6.07) is 10.7. The van der Waals surface area contributed by atoms with Crippen molar-refractivity contribution in [2.24, 2.45) is 0 Å². The molecule has 3 nitrogen and oxygen atoms in total. The van der Waals surface area contributed by atoms with Crippen LogP contribution in [-0.2, 0) is 6.61 Å². The molecule has 18 heavy (non-hydrogen) atoms. The van der Waals surface area contributed by atoms with Gasteiger partial charge in [0.05, 0.1) is 0 Å². The third-order valence-corrected chi connectivity index (χ3v) is 3.43. The number of anilines is 1. The molecule has 0 atom stereocenters. The molecule has 0 fully saturated rings. The third-order valence-electron chi connectivity index (χ3n) is 2.69. The maximum Gasteiger partial charge on any atom is 0.122 e. The minimum absolute atomic E-state index is 0.236. The maximum atomic E-state index is 9.33. The normalized spacial score (nSPS) is 10.3. The first-order valence-electron chi connectivity index (χ1n) is 5.53. The van der Waals surface area contributed by atoms with E-state index in [9.17, 15) is 5.11 Å².